The largest absolute Gasteiger partial charge is 0.492 e. The molecule has 0 fully saturated rings. The maximum Gasteiger partial charge on any atom is 0.423 e. The molecule has 0 aliphatic carbocycles. The Labute approximate surface area is 115 Å². The van der Waals surface area contributed by atoms with Crippen molar-refractivity contribution in [3.8, 4) is 5.75 Å². The van der Waals surface area contributed by atoms with E-state index < -0.39 is 42.0 Å². The Morgan fingerprint density at radius 3 is 2.30 bits per heavy atom. The third-order valence-corrected chi connectivity index (χ3v) is 3.47. The summed E-state index contributed by atoms with van der Waals surface area (Å²) in [6, 6.07) is 0.479. The second-order valence-electron chi connectivity index (χ2n) is 3.44. The van der Waals surface area contributed by atoms with Gasteiger partial charge in [0.15, 0.2) is 0 Å². The lowest BCUT2D eigenvalue weighted by Crippen LogP contribution is -2.11. The van der Waals surface area contributed by atoms with Gasteiger partial charge < -0.3 is 4.74 Å². The first-order valence-electron chi connectivity index (χ1n) is 4.95. The first-order chi connectivity index (χ1) is 8.98. The van der Waals surface area contributed by atoms with Crippen molar-refractivity contribution in [2.45, 2.75) is 18.0 Å². The van der Waals surface area contributed by atoms with Crippen molar-refractivity contribution in [2.75, 3.05) is 6.61 Å². The monoisotopic (exact) mass is 333 g/mol. The number of halogens is 4. The fraction of sp³-hybridized carbons (Fsp3) is 0.333. The van der Waals surface area contributed by atoms with Gasteiger partial charge in [0.2, 0.25) is 0 Å². The highest BCUT2D eigenvalue weighted by atomic mass is 35.7. The van der Waals surface area contributed by atoms with Gasteiger partial charge in [-0.25, -0.2) is 8.42 Å². The molecule has 1 aromatic carbocycles. The van der Waals surface area contributed by atoms with Crippen molar-refractivity contribution in [1.29, 1.82) is 0 Å². The van der Waals surface area contributed by atoms with E-state index in [2.05, 4.69) is 0 Å². The van der Waals surface area contributed by atoms with Gasteiger partial charge >= 0.3 is 6.18 Å². The summed E-state index contributed by atoms with van der Waals surface area (Å²) < 4.78 is 65.4. The highest BCUT2D eigenvalue weighted by Crippen LogP contribution is 2.41. The van der Waals surface area contributed by atoms with E-state index in [1.54, 1.807) is 0 Å². The van der Waals surface area contributed by atoms with E-state index in [9.17, 15) is 31.7 Å². The smallest absolute Gasteiger partial charge is 0.423 e. The Bertz CT molecular complexity index is 644. The minimum absolute atomic E-state index is 0.144. The van der Waals surface area contributed by atoms with Crippen molar-refractivity contribution in [2.24, 2.45) is 0 Å². The molecule has 0 N–H and O–H groups in total. The van der Waals surface area contributed by atoms with Gasteiger partial charge in [0, 0.05) is 22.8 Å². The number of nitro groups is 1. The van der Waals surface area contributed by atoms with Gasteiger partial charge in [-0.3, -0.25) is 10.1 Å². The molecule has 0 aliphatic rings. The van der Waals surface area contributed by atoms with Gasteiger partial charge in [0.25, 0.3) is 14.7 Å². The number of benzene rings is 1. The Balaban J connectivity index is 3.74. The number of alkyl halides is 3. The third kappa shape index (κ3) is 3.51. The molecule has 0 bridgehead atoms. The third-order valence-electron chi connectivity index (χ3n) is 2.13. The molecular weight excluding hydrogens is 327 g/mol. The lowest BCUT2D eigenvalue weighted by molar-refractivity contribution is -0.388. The molecule has 6 nitrogen and oxygen atoms in total. The van der Waals surface area contributed by atoms with E-state index in [0.29, 0.717) is 0 Å². The van der Waals surface area contributed by atoms with Gasteiger partial charge in [0.05, 0.1) is 11.5 Å². The van der Waals surface area contributed by atoms with E-state index in [-0.39, 0.29) is 18.7 Å². The Kier molecular flexibility index (Phi) is 4.49. The molecule has 112 valence electrons. The summed E-state index contributed by atoms with van der Waals surface area (Å²) in [4.78, 5) is 8.41. The van der Waals surface area contributed by atoms with Gasteiger partial charge in [-0.05, 0) is 6.92 Å². The average molecular weight is 334 g/mol. The standard InChI is InChI=1S/C9H7ClF3NO5S/c1-2-19-7-3-5(9(11,12)13)6(14(15)16)4-8(7)20(10,17)18/h3-4H,2H2,1H3. The molecule has 0 aromatic heterocycles. The van der Waals surface area contributed by atoms with Crippen LogP contribution in [0.2, 0.25) is 0 Å². The van der Waals surface area contributed by atoms with Crippen LogP contribution in [0, 0.1) is 10.1 Å². The fourth-order valence-electron chi connectivity index (χ4n) is 1.39. The molecule has 0 radical (unpaired) electrons. The summed E-state index contributed by atoms with van der Waals surface area (Å²) in [6.07, 6.45) is -5.04. The molecule has 0 amide bonds. The maximum absolute atomic E-state index is 12.7. The van der Waals surface area contributed by atoms with Crippen LogP contribution >= 0.6 is 10.7 Å². The lowest BCUT2D eigenvalue weighted by atomic mass is 10.1. The minimum atomic E-state index is -5.04. The summed E-state index contributed by atoms with van der Waals surface area (Å²) in [7, 11) is 0.533. The number of nitro benzene ring substituents is 1. The highest BCUT2D eigenvalue weighted by molar-refractivity contribution is 8.13. The molecule has 0 atom stereocenters. The van der Waals surface area contributed by atoms with Crippen molar-refractivity contribution in [3.05, 3.63) is 27.8 Å². The number of hydrogen-bond donors (Lipinski definition) is 0. The van der Waals surface area contributed by atoms with E-state index in [0.717, 1.165) is 0 Å². The maximum atomic E-state index is 12.7. The van der Waals surface area contributed by atoms with Crippen LogP contribution in [0.15, 0.2) is 17.0 Å². The second kappa shape index (κ2) is 5.44. The predicted molar refractivity (Wildman–Crippen MR) is 62.3 cm³/mol. The van der Waals surface area contributed by atoms with Crippen LogP contribution in [0.3, 0.4) is 0 Å². The fourth-order valence-corrected chi connectivity index (χ4v) is 2.36. The minimum Gasteiger partial charge on any atom is -0.492 e. The van der Waals surface area contributed by atoms with E-state index in [4.69, 9.17) is 15.4 Å². The van der Waals surface area contributed by atoms with Crippen LogP contribution in [-0.4, -0.2) is 19.9 Å². The zero-order chi connectivity index (χ0) is 15.7. The average Bonchev–Trinajstić information content (AvgIpc) is 2.25. The number of hydrogen-bond acceptors (Lipinski definition) is 5. The summed E-state index contributed by atoms with van der Waals surface area (Å²) in [5.74, 6) is -0.694. The Morgan fingerprint density at radius 1 is 1.40 bits per heavy atom. The Hall–Kier alpha value is -1.55. The van der Waals surface area contributed by atoms with Crippen LogP contribution in [0.1, 0.15) is 12.5 Å². The summed E-state index contributed by atoms with van der Waals surface area (Å²) >= 11 is 0. The van der Waals surface area contributed by atoms with Crippen LogP contribution in [0.4, 0.5) is 18.9 Å². The number of rotatable bonds is 4. The van der Waals surface area contributed by atoms with Gasteiger partial charge in [0.1, 0.15) is 16.2 Å². The van der Waals surface area contributed by atoms with Crippen LogP contribution in [-0.2, 0) is 15.2 Å². The van der Waals surface area contributed by atoms with Crippen molar-refractivity contribution < 1.29 is 31.2 Å². The van der Waals surface area contributed by atoms with E-state index >= 15 is 0 Å². The molecule has 0 saturated heterocycles. The highest BCUT2D eigenvalue weighted by Gasteiger charge is 2.40. The zero-order valence-corrected chi connectivity index (χ0v) is 11.3. The van der Waals surface area contributed by atoms with Gasteiger partial charge in [-0.1, -0.05) is 0 Å². The molecular formula is C9H7ClF3NO5S. The van der Waals surface area contributed by atoms with Crippen LogP contribution in [0.25, 0.3) is 0 Å². The van der Waals surface area contributed by atoms with Gasteiger partial charge in [-0.2, -0.15) is 13.2 Å². The second-order valence-corrected chi connectivity index (χ2v) is 5.98. The Morgan fingerprint density at radius 2 is 1.95 bits per heavy atom. The van der Waals surface area contributed by atoms with Crippen molar-refractivity contribution in [1.82, 2.24) is 0 Å². The first kappa shape index (κ1) is 16.5. The molecule has 0 heterocycles. The molecule has 20 heavy (non-hydrogen) atoms. The first-order valence-corrected chi connectivity index (χ1v) is 7.26. The topological polar surface area (TPSA) is 86.5 Å². The predicted octanol–water partition coefficient (Wildman–Crippen LogP) is 2.94. The number of nitrogens with zero attached hydrogens (tertiary/aromatic N) is 1. The molecule has 0 aliphatic heterocycles. The summed E-state index contributed by atoms with van der Waals surface area (Å²) in [5, 5.41) is 10.6. The van der Waals surface area contributed by atoms with E-state index in [1.807, 2.05) is 0 Å². The molecule has 11 heteroatoms. The molecule has 1 aromatic rings. The lowest BCUT2D eigenvalue weighted by Gasteiger charge is -2.12. The van der Waals surface area contributed by atoms with Crippen molar-refractivity contribution in [3.63, 3.8) is 0 Å². The summed E-state index contributed by atoms with van der Waals surface area (Å²) in [5.41, 5.74) is -3.03. The summed E-state index contributed by atoms with van der Waals surface area (Å²) in [6.45, 7) is 1.26. The van der Waals surface area contributed by atoms with Crippen LogP contribution < -0.4 is 4.74 Å². The zero-order valence-electron chi connectivity index (χ0n) is 9.77. The normalized spacial score (nSPS) is 12.2. The number of ether oxygens (including phenoxy) is 1. The van der Waals surface area contributed by atoms with Crippen molar-refractivity contribution >= 4 is 25.4 Å². The van der Waals surface area contributed by atoms with E-state index in [1.165, 1.54) is 6.92 Å². The molecule has 1 rings (SSSR count). The molecule has 0 saturated carbocycles. The quantitative estimate of drug-likeness (QED) is 0.480. The van der Waals surface area contributed by atoms with Gasteiger partial charge in [-0.15, -0.1) is 0 Å². The SMILES string of the molecule is CCOc1cc(C(F)(F)F)c([N+](=O)[O-])cc1S(=O)(=O)Cl. The molecule has 0 unspecified atom stereocenters. The van der Waals surface area contributed by atoms with Crippen LogP contribution in [0.5, 0.6) is 5.75 Å². The molecule has 0 spiro atoms.